The van der Waals surface area contributed by atoms with Crippen molar-refractivity contribution in [3.8, 4) is 11.5 Å². The number of halogens is 2. The molecule has 0 aliphatic heterocycles. The molecular formula is C22H22Br2O10. The molecule has 0 aromatic heterocycles. The number of rotatable bonds is 12. The van der Waals surface area contributed by atoms with Crippen molar-refractivity contribution in [1.29, 1.82) is 0 Å². The van der Waals surface area contributed by atoms with Gasteiger partial charge in [-0.15, -0.1) is 0 Å². The molecular weight excluding hydrogens is 584 g/mol. The van der Waals surface area contributed by atoms with Crippen LogP contribution in [0.4, 0.5) is 0 Å². The van der Waals surface area contributed by atoms with Crippen LogP contribution < -0.4 is 9.47 Å². The van der Waals surface area contributed by atoms with Gasteiger partial charge in [-0.3, -0.25) is 0 Å². The zero-order valence-electron chi connectivity index (χ0n) is 17.6. The van der Waals surface area contributed by atoms with E-state index in [-0.39, 0.29) is 11.3 Å². The first-order valence-corrected chi connectivity index (χ1v) is 11.9. The van der Waals surface area contributed by atoms with Gasteiger partial charge in [-0.1, -0.05) is 56.1 Å². The number of carboxylic acid groups (broad SMARTS) is 4. The highest BCUT2D eigenvalue weighted by molar-refractivity contribution is 9.09. The third-order valence-electron chi connectivity index (χ3n) is 4.19. The molecule has 0 radical (unpaired) electrons. The fourth-order valence-corrected chi connectivity index (χ4v) is 3.80. The summed E-state index contributed by atoms with van der Waals surface area (Å²) in [5.41, 5.74) is -3.47. The molecule has 10 nitrogen and oxygen atoms in total. The Morgan fingerprint density at radius 3 is 1.59 bits per heavy atom. The van der Waals surface area contributed by atoms with E-state index in [0.29, 0.717) is 0 Å². The first-order chi connectivity index (χ1) is 16.1. The molecule has 0 aliphatic carbocycles. The van der Waals surface area contributed by atoms with Crippen LogP contribution in [0.3, 0.4) is 0 Å². The molecule has 0 unspecified atom stereocenters. The van der Waals surface area contributed by atoms with Crippen LogP contribution in [-0.2, 0) is 9.59 Å². The van der Waals surface area contributed by atoms with Crippen molar-refractivity contribution >= 4 is 55.7 Å². The lowest BCUT2D eigenvalue weighted by Crippen LogP contribution is -2.53. The quantitative estimate of drug-likeness (QED) is 0.205. The lowest BCUT2D eigenvalue weighted by molar-refractivity contribution is -0.173. The Morgan fingerprint density at radius 2 is 1.18 bits per heavy atom. The molecule has 2 aromatic carbocycles. The Labute approximate surface area is 211 Å². The summed E-state index contributed by atoms with van der Waals surface area (Å²) in [7, 11) is 0. The summed E-state index contributed by atoms with van der Waals surface area (Å²) >= 11 is 6.56. The summed E-state index contributed by atoms with van der Waals surface area (Å²) in [4.78, 5) is 46.0. The Bertz CT molecular complexity index is 993. The van der Waals surface area contributed by atoms with Gasteiger partial charge in [0.15, 0.2) is 0 Å². The molecule has 0 saturated heterocycles. The minimum Gasteiger partial charge on any atom is -0.492 e. The molecule has 0 amide bonds. The van der Waals surface area contributed by atoms with Crippen LogP contribution in [0.25, 0.3) is 0 Å². The van der Waals surface area contributed by atoms with Gasteiger partial charge in [0.05, 0.1) is 6.61 Å². The molecule has 0 aliphatic rings. The molecule has 12 heteroatoms. The Morgan fingerprint density at radius 1 is 0.735 bits per heavy atom. The lowest BCUT2D eigenvalue weighted by atomic mass is 9.99. The highest BCUT2D eigenvalue weighted by Crippen LogP contribution is 2.27. The summed E-state index contributed by atoms with van der Waals surface area (Å²) in [5.74, 6) is -7.00. The van der Waals surface area contributed by atoms with E-state index in [1.807, 2.05) is 0 Å². The van der Waals surface area contributed by atoms with Crippen molar-refractivity contribution in [2.24, 2.45) is 0 Å². The summed E-state index contributed by atoms with van der Waals surface area (Å²) in [6.07, 6.45) is 0.486. The van der Waals surface area contributed by atoms with Gasteiger partial charge in [0.25, 0.3) is 0 Å². The minimum atomic E-state index is -2.86. The van der Waals surface area contributed by atoms with Gasteiger partial charge < -0.3 is 29.9 Å². The van der Waals surface area contributed by atoms with Gasteiger partial charge in [-0.05, 0) is 30.7 Å². The van der Waals surface area contributed by atoms with Crippen molar-refractivity contribution in [3.05, 3.63) is 59.7 Å². The monoisotopic (exact) mass is 604 g/mol. The normalized spacial score (nSPS) is 10.4. The maximum absolute atomic E-state index is 11.8. The second-order valence-electron chi connectivity index (χ2n) is 6.47. The van der Waals surface area contributed by atoms with Gasteiger partial charge in [0.2, 0.25) is 0 Å². The summed E-state index contributed by atoms with van der Waals surface area (Å²) in [6.45, 7) is -0.530. The fraction of sp³-hybridized carbons (Fsp3) is 0.273. The molecule has 0 bridgehead atoms. The summed E-state index contributed by atoms with van der Waals surface area (Å²) < 4.78 is 10.4. The zero-order chi connectivity index (χ0) is 25.7. The van der Waals surface area contributed by atoms with Crippen LogP contribution in [-0.4, -0.2) is 67.2 Å². The smallest absolute Gasteiger partial charge is 0.360 e. The molecule has 0 heterocycles. The average molecular weight is 606 g/mol. The Kier molecular flexibility index (Phi) is 12.1. The van der Waals surface area contributed by atoms with Gasteiger partial charge in [-0.2, -0.15) is 0 Å². The van der Waals surface area contributed by atoms with Crippen molar-refractivity contribution in [3.63, 3.8) is 0 Å². The van der Waals surface area contributed by atoms with Gasteiger partial charge in [0, 0.05) is 17.1 Å². The number of para-hydroxylation sites is 2. The second kappa shape index (κ2) is 14.2. The van der Waals surface area contributed by atoms with E-state index < -0.39 is 53.8 Å². The van der Waals surface area contributed by atoms with Crippen LogP contribution in [0.1, 0.15) is 33.6 Å². The van der Waals surface area contributed by atoms with Crippen LogP contribution in [0.15, 0.2) is 48.5 Å². The number of hydrogen-bond donors (Lipinski definition) is 4. The van der Waals surface area contributed by atoms with Crippen LogP contribution in [0.2, 0.25) is 0 Å². The summed E-state index contributed by atoms with van der Waals surface area (Å²) in [6, 6.07) is 10.5. The minimum absolute atomic E-state index is 0.0874. The molecule has 0 spiro atoms. The number of benzene rings is 2. The maximum atomic E-state index is 11.8. The molecule has 4 N–H and O–H groups in total. The summed E-state index contributed by atoms with van der Waals surface area (Å²) in [5, 5.41) is 39.6. The first-order valence-electron chi connectivity index (χ1n) is 9.65. The molecule has 34 heavy (non-hydrogen) atoms. The van der Waals surface area contributed by atoms with Crippen molar-refractivity contribution < 1.29 is 49.1 Å². The van der Waals surface area contributed by atoms with E-state index in [9.17, 15) is 34.5 Å². The average Bonchev–Trinajstić information content (AvgIpc) is 2.79. The lowest BCUT2D eigenvalue weighted by Gasteiger charge is -2.27. The third-order valence-corrected chi connectivity index (χ3v) is 5.31. The van der Waals surface area contributed by atoms with E-state index in [0.717, 1.165) is 22.8 Å². The van der Waals surface area contributed by atoms with Gasteiger partial charge in [-0.25, -0.2) is 19.2 Å². The van der Waals surface area contributed by atoms with Crippen LogP contribution >= 0.6 is 31.9 Å². The predicted octanol–water partition coefficient (Wildman–Crippen LogP) is 4.01. The fourth-order valence-electron chi connectivity index (χ4n) is 2.49. The molecule has 2 aromatic rings. The number of ether oxygens (including phenoxy) is 2. The number of hydrogen-bond acceptors (Lipinski definition) is 6. The molecule has 0 atom stereocenters. The van der Waals surface area contributed by atoms with E-state index >= 15 is 0 Å². The van der Waals surface area contributed by atoms with E-state index in [4.69, 9.17) is 14.6 Å². The molecule has 0 fully saturated rings. The zero-order valence-corrected chi connectivity index (χ0v) is 20.8. The number of carbonyl (C=O) groups is 4. The van der Waals surface area contributed by atoms with E-state index in [1.54, 1.807) is 0 Å². The molecule has 184 valence electrons. The first kappa shape index (κ1) is 28.9. The largest absolute Gasteiger partial charge is 0.492 e. The van der Waals surface area contributed by atoms with Gasteiger partial charge in [0.1, 0.15) is 22.6 Å². The second-order valence-corrected chi connectivity index (χ2v) is 8.06. The highest BCUT2D eigenvalue weighted by Gasteiger charge is 2.50. The maximum Gasteiger partial charge on any atom is 0.360 e. The topological polar surface area (TPSA) is 168 Å². The number of aromatic carboxylic acids is 2. The van der Waals surface area contributed by atoms with E-state index in [2.05, 4.69) is 31.9 Å². The van der Waals surface area contributed by atoms with Gasteiger partial charge >= 0.3 is 29.5 Å². The van der Waals surface area contributed by atoms with Crippen molar-refractivity contribution in [2.75, 3.05) is 17.3 Å². The number of aliphatic carboxylic acids is 2. The van der Waals surface area contributed by atoms with E-state index in [1.165, 1.54) is 42.8 Å². The van der Waals surface area contributed by atoms with Crippen molar-refractivity contribution in [1.82, 2.24) is 0 Å². The standard InChI is InChI=1S/C19H16O10.C3H6Br2/c20-15(21)11-5-1-3-7-13(11)28-10-9-19(17(24)25,18(26)27)29-14-8-4-2-6-12(14)16(22)23;4-2-1-3-5/h1-8H,9-10H2,(H,20,21)(H,22,23)(H,24,25)(H,26,27);1-3H2. The van der Waals surface area contributed by atoms with Crippen LogP contribution in [0.5, 0.6) is 11.5 Å². The highest BCUT2D eigenvalue weighted by atomic mass is 79.9. The molecule has 0 saturated carbocycles. The third kappa shape index (κ3) is 8.03. The SMILES string of the molecule is BrCCCBr.O=C(O)c1ccccc1OCCC(Oc1ccccc1C(=O)O)(C(=O)O)C(=O)O. The van der Waals surface area contributed by atoms with Crippen molar-refractivity contribution in [2.45, 2.75) is 18.4 Å². The number of alkyl halides is 2. The molecule has 2 rings (SSSR count). The Balaban J connectivity index is 0.00000104. The number of carboxylic acids is 4. The predicted molar refractivity (Wildman–Crippen MR) is 128 cm³/mol. The van der Waals surface area contributed by atoms with Crippen LogP contribution in [0, 0.1) is 0 Å². The Hall–Kier alpha value is -3.12.